The molecule has 0 aliphatic heterocycles. The number of carbonyl (C=O) groups is 2. The fourth-order valence-corrected chi connectivity index (χ4v) is 4.54. The number of fused-ring (bicyclic) bond motifs is 1. The number of aryl methyl sites for hydroxylation is 1. The van der Waals surface area contributed by atoms with Gasteiger partial charge in [-0.2, -0.15) is 0 Å². The molecule has 0 bridgehead atoms. The zero-order valence-electron chi connectivity index (χ0n) is 12.9. The van der Waals surface area contributed by atoms with Crippen molar-refractivity contribution in [2.45, 2.75) is 19.8 Å². The monoisotopic (exact) mass is 344 g/mol. The normalized spacial score (nSPS) is 10.9. The molecule has 1 aromatic carbocycles. The Morgan fingerprint density at radius 3 is 2.74 bits per heavy atom. The highest BCUT2D eigenvalue weighted by Crippen LogP contribution is 2.39. The molecule has 5 heteroatoms. The number of Topliss-reactive ketones (excluding diaryl/α,β-unsaturated/α-hetero) is 1. The van der Waals surface area contributed by atoms with E-state index in [1.54, 1.807) is 11.3 Å². The fourth-order valence-electron chi connectivity index (χ4n) is 2.58. The Kier molecular flexibility index (Phi) is 4.59. The van der Waals surface area contributed by atoms with Crippen LogP contribution in [0.5, 0.6) is 0 Å². The topological polar surface area (TPSA) is 43.4 Å². The van der Waals surface area contributed by atoms with Crippen molar-refractivity contribution in [2.75, 3.05) is 7.11 Å². The van der Waals surface area contributed by atoms with Crippen molar-refractivity contribution in [2.24, 2.45) is 0 Å². The highest BCUT2D eigenvalue weighted by molar-refractivity contribution is 7.19. The second-order valence-corrected chi connectivity index (χ2v) is 7.40. The van der Waals surface area contributed by atoms with Crippen molar-refractivity contribution in [1.29, 1.82) is 0 Å². The van der Waals surface area contributed by atoms with Gasteiger partial charge in [0.2, 0.25) is 0 Å². The van der Waals surface area contributed by atoms with Crippen LogP contribution < -0.4 is 0 Å². The minimum Gasteiger partial charge on any atom is -0.469 e. The minimum absolute atomic E-state index is 0.0103. The Morgan fingerprint density at radius 1 is 1.17 bits per heavy atom. The van der Waals surface area contributed by atoms with Crippen LogP contribution in [0.3, 0.4) is 0 Å². The van der Waals surface area contributed by atoms with Gasteiger partial charge in [0.15, 0.2) is 5.78 Å². The van der Waals surface area contributed by atoms with E-state index in [0.29, 0.717) is 4.88 Å². The molecule has 23 heavy (non-hydrogen) atoms. The number of esters is 1. The number of rotatable bonds is 5. The maximum atomic E-state index is 12.2. The molecule has 0 N–H and O–H groups in total. The summed E-state index contributed by atoms with van der Waals surface area (Å²) in [6.45, 7) is 2.11. The highest BCUT2D eigenvalue weighted by atomic mass is 32.1. The third-order valence-electron chi connectivity index (χ3n) is 3.72. The predicted octanol–water partition coefficient (Wildman–Crippen LogP) is 5.07. The van der Waals surface area contributed by atoms with Crippen LogP contribution in [-0.4, -0.2) is 18.9 Å². The highest BCUT2D eigenvalue weighted by Gasteiger charge is 2.16. The van der Waals surface area contributed by atoms with Gasteiger partial charge in [0, 0.05) is 26.9 Å². The third kappa shape index (κ3) is 3.21. The van der Waals surface area contributed by atoms with Crippen LogP contribution in [0.2, 0.25) is 0 Å². The molecule has 118 valence electrons. The Labute approximate surface area is 142 Å². The summed E-state index contributed by atoms with van der Waals surface area (Å²) >= 11 is 3.20. The molecule has 0 atom stereocenters. The largest absolute Gasteiger partial charge is 0.469 e. The Balaban J connectivity index is 1.88. The summed E-state index contributed by atoms with van der Waals surface area (Å²) in [4.78, 5) is 25.3. The van der Waals surface area contributed by atoms with Gasteiger partial charge in [-0.3, -0.25) is 9.59 Å². The second kappa shape index (κ2) is 6.64. The van der Waals surface area contributed by atoms with Gasteiger partial charge >= 0.3 is 5.97 Å². The maximum absolute atomic E-state index is 12.2. The quantitative estimate of drug-likeness (QED) is 0.479. The number of benzene rings is 1. The molecule has 0 aliphatic carbocycles. The molecule has 0 aliphatic rings. The van der Waals surface area contributed by atoms with Crippen molar-refractivity contribution in [1.82, 2.24) is 0 Å². The average Bonchev–Trinajstić information content (AvgIpc) is 3.15. The van der Waals surface area contributed by atoms with Crippen LogP contribution in [0.15, 0.2) is 35.7 Å². The van der Waals surface area contributed by atoms with Gasteiger partial charge in [-0.05, 0) is 30.0 Å². The number of thiophene rings is 2. The molecule has 2 heterocycles. The van der Waals surface area contributed by atoms with E-state index in [9.17, 15) is 9.59 Å². The summed E-state index contributed by atoms with van der Waals surface area (Å²) in [5.74, 6) is -0.362. The van der Waals surface area contributed by atoms with E-state index in [2.05, 4.69) is 23.8 Å². The maximum Gasteiger partial charge on any atom is 0.305 e. The summed E-state index contributed by atoms with van der Waals surface area (Å²) in [6, 6.07) is 10.2. The number of methoxy groups -OCH3 is 1. The molecule has 0 radical (unpaired) electrons. The number of hydrogen-bond donors (Lipinski definition) is 0. The molecule has 0 fully saturated rings. The first-order valence-electron chi connectivity index (χ1n) is 7.27. The molecule has 3 nitrogen and oxygen atoms in total. The van der Waals surface area contributed by atoms with Gasteiger partial charge in [-0.1, -0.05) is 18.2 Å². The van der Waals surface area contributed by atoms with Crippen LogP contribution in [0.1, 0.15) is 27.4 Å². The van der Waals surface area contributed by atoms with Crippen LogP contribution in [0.25, 0.3) is 21.2 Å². The van der Waals surface area contributed by atoms with Crippen LogP contribution >= 0.6 is 22.7 Å². The number of carbonyl (C=O) groups excluding carboxylic acids is 2. The molecule has 0 unspecified atom stereocenters. The molecular formula is C18H16O3S2. The summed E-state index contributed by atoms with van der Waals surface area (Å²) in [5, 5.41) is 3.24. The zero-order chi connectivity index (χ0) is 16.4. The van der Waals surface area contributed by atoms with Crippen molar-refractivity contribution in [3.63, 3.8) is 0 Å². The minimum atomic E-state index is -0.352. The van der Waals surface area contributed by atoms with E-state index in [1.165, 1.54) is 39.0 Å². The smallest absolute Gasteiger partial charge is 0.305 e. The van der Waals surface area contributed by atoms with Gasteiger partial charge in [-0.25, -0.2) is 0 Å². The zero-order valence-corrected chi connectivity index (χ0v) is 14.6. The predicted molar refractivity (Wildman–Crippen MR) is 95.5 cm³/mol. The summed E-state index contributed by atoms with van der Waals surface area (Å²) in [6.07, 6.45) is 0.318. The summed E-state index contributed by atoms with van der Waals surface area (Å²) < 4.78 is 5.83. The molecular weight excluding hydrogens is 328 g/mol. The molecule has 3 rings (SSSR count). The molecule has 0 spiro atoms. The lowest BCUT2D eigenvalue weighted by Crippen LogP contribution is -2.04. The van der Waals surface area contributed by atoms with Crippen molar-refractivity contribution in [3.8, 4) is 11.1 Å². The molecule has 2 aromatic heterocycles. The van der Waals surface area contributed by atoms with Crippen LogP contribution in [0.4, 0.5) is 0 Å². The molecule has 0 amide bonds. The van der Waals surface area contributed by atoms with Crippen molar-refractivity contribution in [3.05, 3.63) is 45.5 Å². The molecule has 0 saturated carbocycles. The summed E-state index contributed by atoms with van der Waals surface area (Å²) in [5.41, 5.74) is 2.28. The van der Waals surface area contributed by atoms with Gasteiger partial charge in [0.05, 0.1) is 18.4 Å². The first-order chi connectivity index (χ1) is 11.1. The standard InChI is InChI=1S/C18H16O3S2/c1-11-18(13-5-3-4-6-15(13)23-11)12-9-16(22-10-12)14(19)7-8-17(20)21-2/h3-6,9-10H,7-8H2,1-2H3. The Bertz CT molecular complexity index is 873. The van der Waals surface area contributed by atoms with E-state index in [-0.39, 0.29) is 24.6 Å². The number of ether oxygens (including phenoxy) is 1. The Morgan fingerprint density at radius 2 is 1.96 bits per heavy atom. The molecule has 0 saturated heterocycles. The lowest BCUT2D eigenvalue weighted by atomic mass is 10.0. The van der Waals surface area contributed by atoms with Crippen LogP contribution in [-0.2, 0) is 9.53 Å². The van der Waals surface area contributed by atoms with Crippen molar-refractivity contribution >= 4 is 44.5 Å². The fraction of sp³-hybridized carbons (Fsp3) is 0.222. The second-order valence-electron chi connectivity index (χ2n) is 5.23. The van der Waals surface area contributed by atoms with Gasteiger partial charge in [0.1, 0.15) is 0 Å². The van der Waals surface area contributed by atoms with Gasteiger partial charge in [-0.15, -0.1) is 22.7 Å². The molecule has 3 aromatic rings. The number of hydrogen-bond acceptors (Lipinski definition) is 5. The Hall–Kier alpha value is -1.98. The first-order valence-corrected chi connectivity index (χ1v) is 8.97. The third-order valence-corrected chi connectivity index (χ3v) is 5.78. The lowest BCUT2D eigenvalue weighted by Gasteiger charge is -1.99. The van der Waals surface area contributed by atoms with E-state index >= 15 is 0 Å². The van der Waals surface area contributed by atoms with Crippen LogP contribution in [0, 0.1) is 6.92 Å². The van der Waals surface area contributed by atoms with Gasteiger partial charge in [0.25, 0.3) is 0 Å². The summed E-state index contributed by atoms with van der Waals surface area (Å²) in [7, 11) is 1.33. The van der Waals surface area contributed by atoms with Gasteiger partial charge < -0.3 is 4.74 Å². The van der Waals surface area contributed by atoms with E-state index in [1.807, 2.05) is 23.6 Å². The average molecular weight is 344 g/mol. The first kappa shape index (κ1) is 15.9. The van der Waals surface area contributed by atoms with E-state index in [4.69, 9.17) is 0 Å². The lowest BCUT2D eigenvalue weighted by molar-refractivity contribution is -0.140. The number of ketones is 1. The van der Waals surface area contributed by atoms with E-state index in [0.717, 1.165) is 5.56 Å². The van der Waals surface area contributed by atoms with E-state index < -0.39 is 0 Å². The van der Waals surface area contributed by atoms with Crippen molar-refractivity contribution < 1.29 is 14.3 Å². The SMILES string of the molecule is COC(=O)CCC(=O)c1cc(-c2c(C)sc3ccccc23)cs1.